The summed E-state index contributed by atoms with van der Waals surface area (Å²) in [6.45, 7) is 5.02. The Balaban J connectivity index is 2.44. The molecule has 0 amide bonds. The maximum Gasteiger partial charge on any atom is 0.0450 e. The van der Waals surface area contributed by atoms with Gasteiger partial charge in [-0.15, -0.1) is 0 Å². The summed E-state index contributed by atoms with van der Waals surface area (Å²) in [4.78, 5) is 4.30. The molecule has 2 aromatic rings. The summed E-state index contributed by atoms with van der Waals surface area (Å²) in [7, 11) is 0. The zero-order valence-electron chi connectivity index (χ0n) is 9.90. The van der Waals surface area contributed by atoms with Crippen molar-refractivity contribution >= 4 is 10.8 Å². The van der Waals surface area contributed by atoms with E-state index < -0.39 is 0 Å². The van der Waals surface area contributed by atoms with Gasteiger partial charge >= 0.3 is 0 Å². The third-order valence-corrected chi connectivity index (χ3v) is 3.16. The van der Waals surface area contributed by atoms with E-state index in [0.29, 0.717) is 5.92 Å². The third-order valence-electron chi connectivity index (χ3n) is 3.16. The minimum absolute atomic E-state index is 0.530. The fraction of sp³-hybridized carbons (Fsp3) is 0.357. The lowest BCUT2D eigenvalue weighted by Gasteiger charge is -2.11. The molecule has 2 rings (SSSR count). The van der Waals surface area contributed by atoms with Crippen LogP contribution in [0, 0.1) is 6.92 Å². The molecule has 2 N–H and O–H groups in total. The third kappa shape index (κ3) is 2.07. The average Bonchev–Trinajstić information content (AvgIpc) is 2.29. The minimum Gasteiger partial charge on any atom is -0.330 e. The predicted octanol–water partition coefficient (Wildman–Crippen LogP) is 3.00. The quantitative estimate of drug-likeness (QED) is 0.853. The molecule has 0 aliphatic rings. The Morgan fingerprint density at radius 2 is 2.12 bits per heavy atom. The van der Waals surface area contributed by atoms with Gasteiger partial charge in [-0.2, -0.15) is 0 Å². The van der Waals surface area contributed by atoms with Crippen LogP contribution in [0.2, 0.25) is 0 Å². The molecule has 0 aliphatic heterocycles. The first-order valence-corrected chi connectivity index (χ1v) is 5.77. The second-order valence-corrected chi connectivity index (χ2v) is 4.36. The molecule has 2 heteroatoms. The van der Waals surface area contributed by atoms with Crippen molar-refractivity contribution in [3.05, 3.63) is 41.7 Å². The molecule has 84 valence electrons. The van der Waals surface area contributed by atoms with E-state index in [1.54, 1.807) is 0 Å². The summed E-state index contributed by atoms with van der Waals surface area (Å²) >= 11 is 0. The number of hydrogen-bond donors (Lipinski definition) is 1. The van der Waals surface area contributed by atoms with Crippen LogP contribution in [0.25, 0.3) is 10.8 Å². The van der Waals surface area contributed by atoms with E-state index in [2.05, 4.69) is 36.2 Å². The van der Waals surface area contributed by atoms with E-state index in [9.17, 15) is 0 Å². The number of nitrogens with zero attached hydrogens (tertiary/aromatic N) is 1. The second kappa shape index (κ2) is 4.62. The average molecular weight is 214 g/mol. The smallest absolute Gasteiger partial charge is 0.0450 e. The zero-order valence-corrected chi connectivity index (χ0v) is 9.90. The zero-order chi connectivity index (χ0) is 11.5. The van der Waals surface area contributed by atoms with Crippen molar-refractivity contribution < 1.29 is 0 Å². The van der Waals surface area contributed by atoms with Gasteiger partial charge in [-0.1, -0.05) is 25.1 Å². The molecule has 1 unspecified atom stereocenters. The topological polar surface area (TPSA) is 38.9 Å². The Morgan fingerprint density at radius 1 is 1.31 bits per heavy atom. The lowest BCUT2D eigenvalue weighted by molar-refractivity contribution is 0.691. The maximum atomic E-state index is 5.59. The standard InChI is InChI=1S/C14H18N2/c1-10(5-7-15)12-3-4-14-11(2)16-8-6-13(14)9-12/h3-4,6,8-10H,5,7,15H2,1-2H3. The molecule has 0 fully saturated rings. The van der Waals surface area contributed by atoms with E-state index in [-0.39, 0.29) is 0 Å². The summed E-state index contributed by atoms with van der Waals surface area (Å²) < 4.78 is 0. The van der Waals surface area contributed by atoms with Crippen molar-refractivity contribution in [3.63, 3.8) is 0 Å². The summed E-state index contributed by atoms with van der Waals surface area (Å²) in [6.07, 6.45) is 2.91. The Morgan fingerprint density at radius 3 is 2.88 bits per heavy atom. The normalized spacial score (nSPS) is 12.9. The molecule has 1 atom stereocenters. The van der Waals surface area contributed by atoms with Crippen molar-refractivity contribution in [1.82, 2.24) is 4.98 Å². The number of nitrogens with two attached hydrogens (primary N) is 1. The van der Waals surface area contributed by atoms with Gasteiger partial charge in [0.1, 0.15) is 0 Å². The lowest BCUT2D eigenvalue weighted by Crippen LogP contribution is -2.04. The molecule has 1 aromatic heterocycles. The molecule has 0 radical (unpaired) electrons. The highest BCUT2D eigenvalue weighted by Gasteiger charge is 2.06. The molecule has 0 aliphatic carbocycles. The second-order valence-electron chi connectivity index (χ2n) is 4.36. The maximum absolute atomic E-state index is 5.59. The molecule has 0 spiro atoms. The van der Waals surface area contributed by atoms with Gasteiger partial charge in [0, 0.05) is 17.3 Å². The van der Waals surface area contributed by atoms with Gasteiger partial charge in [-0.05, 0) is 42.8 Å². The first-order chi connectivity index (χ1) is 7.72. The van der Waals surface area contributed by atoms with E-state index in [1.807, 2.05) is 13.1 Å². The SMILES string of the molecule is Cc1nccc2cc(C(C)CCN)ccc12. The summed E-state index contributed by atoms with van der Waals surface area (Å²) in [5.41, 5.74) is 8.05. The number of hydrogen-bond acceptors (Lipinski definition) is 2. The minimum atomic E-state index is 0.530. The lowest BCUT2D eigenvalue weighted by atomic mass is 9.95. The molecule has 0 bridgehead atoms. The molecule has 0 saturated heterocycles. The number of aryl methyl sites for hydroxylation is 1. The Hall–Kier alpha value is -1.41. The summed E-state index contributed by atoms with van der Waals surface area (Å²) in [5, 5.41) is 2.51. The molecular weight excluding hydrogens is 196 g/mol. The van der Waals surface area contributed by atoms with Crippen molar-refractivity contribution in [1.29, 1.82) is 0 Å². The van der Waals surface area contributed by atoms with Crippen LogP contribution in [0.4, 0.5) is 0 Å². The van der Waals surface area contributed by atoms with Gasteiger partial charge in [0.15, 0.2) is 0 Å². The fourth-order valence-electron chi connectivity index (χ4n) is 2.07. The molecule has 2 nitrogen and oxygen atoms in total. The highest BCUT2D eigenvalue weighted by atomic mass is 14.7. The highest BCUT2D eigenvalue weighted by Crippen LogP contribution is 2.24. The van der Waals surface area contributed by atoms with Gasteiger partial charge in [0.05, 0.1) is 0 Å². The molecule has 16 heavy (non-hydrogen) atoms. The van der Waals surface area contributed by atoms with Gasteiger partial charge in [0.2, 0.25) is 0 Å². The van der Waals surface area contributed by atoms with Crippen LogP contribution >= 0.6 is 0 Å². The largest absolute Gasteiger partial charge is 0.330 e. The fourth-order valence-corrected chi connectivity index (χ4v) is 2.07. The monoisotopic (exact) mass is 214 g/mol. The van der Waals surface area contributed by atoms with Crippen LogP contribution in [0.5, 0.6) is 0 Å². The van der Waals surface area contributed by atoms with Crippen molar-refractivity contribution in [3.8, 4) is 0 Å². The summed E-state index contributed by atoms with van der Waals surface area (Å²) in [5.74, 6) is 0.530. The first kappa shape index (κ1) is 11.1. The van der Waals surface area contributed by atoms with Gasteiger partial charge in [-0.3, -0.25) is 4.98 Å². The molecule has 0 saturated carbocycles. The number of pyridine rings is 1. The van der Waals surface area contributed by atoms with Crippen molar-refractivity contribution in [2.24, 2.45) is 5.73 Å². The van der Waals surface area contributed by atoms with Crippen LogP contribution in [-0.4, -0.2) is 11.5 Å². The Bertz CT molecular complexity index is 491. The Kier molecular flexibility index (Phi) is 3.20. The molecule has 1 heterocycles. The van der Waals surface area contributed by atoms with E-state index in [1.165, 1.54) is 16.3 Å². The highest BCUT2D eigenvalue weighted by molar-refractivity contribution is 5.84. The van der Waals surface area contributed by atoms with Gasteiger partial charge < -0.3 is 5.73 Å². The van der Waals surface area contributed by atoms with Crippen molar-refractivity contribution in [2.75, 3.05) is 6.54 Å². The number of rotatable bonds is 3. The predicted molar refractivity (Wildman–Crippen MR) is 68.6 cm³/mol. The van der Waals surface area contributed by atoms with Gasteiger partial charge in [0.25, 0.3) is 0 Å². The van der Waals surface area contributed by atoms with Crippen LogP contribution < -0.4 is 5.73 Å². The summed E-state index contributed by atoms with van der Waals surface area (Å²) in [6, 6.07) is 8.68. The Labute approximate surface area is 96.5 Å². The van der Waals surface area contributed by atoms with Crippen LogP contribution in [0.1, 0.15) is 30.5 Å². The van der Waals surface area contributed by atoms with Crippen molar-refractivity contribution in [2.45, 2.75) is 26.2 Å². The van der Waals surface area contributed by atoms with E-state index >= 15 is 0 Å². The van der Waals surface area contributed by atoms with Crippen LogP contribution in [0.3, 0.4) is 0 Å². The first-order valence-electron chi connectivity index (χ1n) is 5.77. The number of fused-ring (bicyclic) bond motifs is 1. The van der Waals surface area contributed by atoms with Crippen LogP contribution in [0.15, 0.2) is 30.5 Å². The van der Waals surface area contributed by atoms with Gasteiger partial charge in [-0.25, -0.2) is 0 Å². The van der Waals surface area contributed by atoms with E-state index in [4.69, 9.17) is 5.73 Å². The van der Waals surface area contributed by atoms with E-state index in [0.717, 1.165) is 18.7 Å². The molecule has 1 aromatic carbocycles. The number of benzene rings is 1. The van der Waals surface area contributed by atoms with Crippen LogP contribution in [-0.2, 0) is 0 Å². The number of aromatic nitrogens is 1. The molecular formula is C14H18N2.